The van der Waals surface area contributed by atoms with E-state index in [1.54, 1.807) is 6.92 Å². The standard InChI is InChI=1S/C9H17NO/c1-4-9-5-7(2)10(6-9)8(3)11/h7,9H,4-6H2,1-3H3/t7-,9+/m0/s1. The van der Waals surface area contributed by atoms with Gasteiger partial charge in [0.1, 0.15) is 0 Å². The first kappa shape index (κ1) is 8.57. The number of amides is 1. The van der Waals surface area contributed by atoms with Crippen LogP contribution >= 0.6 is 0 Å². The van der Waals surface area contributed by atoms with Crippen LogP contribution in [0.25, 0.3) is 0 Å². The van der Waals surface area contributed by atoms with E-state index in [1.807, 2.05) is 4.90 Å². The topological polar surface area (TPSA) is 20.3 Å². The first-order valence-electron chi connectivity index (χ1n) is 4.42. The molecule has 0 bridgehead atoms. The Morgan fingerprint density at radius 3 is 2.55 bits per heavy atom. The number of hydrogen-bond acceptors (Lipinski definition) is 1. The van der Waals surface area contributed by atoms with Gasteiger partial charge >= 0.3 is 0 Å². The van der Waals surface area contributed by atoms with Gasteiger partial charge in [0.05, 0.1) is 0 Å². The Morgan fingerprint density at radius 1 is 1.64 bits per heavy atom. The van der Waals surface area contributed by atoms with Crippen molar-refractivity contribution in [3.63, 3.8) is 0 Å². The summed E-state index contributed by atoms with van der Waals surface area (Å²) in [6.45, 7) is 6.97. The van der Waals surface area contributed by atoms with E-state index in [2.05, 4.69) is 13.8 Å². The molecule has 1 amide bonds. The van der Waals surface area contributed by atoms with Crippen LogP contribution in [0.1, 0.15) is 33.6 Å². The molecule has 0 radical (unpaired) electrons. The van der Waals surface area contributed by atoms with Crippen LogP contribution in [0, 0.1) is 5.92 Å². The van der Waals surface area contributed by atoms with Gasteiger partial charge in [-0.1, -0.05) is 13.3 Å². The molecule has 0 aromatic heterocycles. The SMILES string of the molecule is CC[C@@H]1C[C@H](C)N(C(C)=O)C1. The molecule has 0 unspecified atom stereocenters. The average molecular weight is 155 g/mol. The Bertz CT molecular complexity index is 156. The molecule has 1 fully saturated rings. The first-order valence-corrected chi connectivity index (χ1v) is 4.42. The molecule has 2 heteroatoms. The van der Waals surface area contributed by atoms with Gasteiger partial charge in [-0.15, -0.1) is 0 Å². The highest BCUT2D eigenvalue weighted by atomic mass is 16.2. The molecule has 11 heavy (non-hydrogen) atoms. The summed E-state index contributed by atoms with van der Waals surface area (Å²) >= 11 is 0. The van der Waals surface area contributed by atoms with Crippen LogP contribution in [0.3, 0.4) is 0 Å². The summed E-state index contributed by atoms with van der Waals surface area (Å²) in [5.41, 5.74) is 0. The molecule has 0 aromatic carbocycles. The lowest BCUT2D eigenvalue weighted by molar-refractivity contribution is -0.129. The lowest BCUT2D eigenvalue weighted by Crippen LogP contribution is -2.31. The summed E-state index contributed by atoms with van der Waals surface area (Å²) in [6.07, 6.45) is 2.39. The van der Waals surface area contributed by atoms with Gasteiger partial charge in [-0.3, -0.25) is 4.79 Å². The minimum atomic E-state index is 0.230. The van der Waals surface area contributed by atoms with E-state index in [0.29, 0.717) is 6.04 Å². The molecule has 0 saturated carbocycles. The minimum Gasteiger partial charge on any atom is -0.340 e. The Labute approximate surface area is 68.6 Å². The average Bonchev–Trinajstić information content (AvgIpc) is 2.30. The van der Waals surface area contributed by atoms with Crippen molar-refractivity contribution in [2.24, 2.45) is 5.92 Å². The lowest BCUT2D eigenvalue weighted by atomic mass is 10.0. The molecule has 0 aliphatic carbocycles. The van der Waals surface area contributed by atoms with Crippen molar-refractivity contribution in [1.29, 1.82) is 0 Å². The normalized spacial score (nSPS) is 31.0. The maximum atomic E-state index is 11.0. The van der Waals surface area contributed by atoms with E-state index in [1.165, 1.54) is 12.8 Å². The van der Waals surface area contributed by atoms with Gasteiger partial charge in [0.2, 0.25) is 5.91 Å². The predicted octanol–water partition coefficient (Wildman–Crippen LogP) is 1.65. The number of nitrogens with zero attached hydrogens (tertiary/aromatic N) is 1. The van der Waals surface area contributed by atoms with Gasteiger partial charge in [-0.05, 0) is 19.3 Å². The largest absolute Gasteiger partial charge is 0.340 e. The van der Waals surface area contributed by atoms with E-state index in [-0.39, 0.29) is 5.91 Å². The smallest absolute Gasteiger partial charge is 0.219 e. The molecule has 1 rings (SSSR count). The molecular weight excluding hydrogens is 138 g/mol. The van der Waals surface area contributed by atoms with Gasteiger partial charge in [0.25, 0.3) is 0 Å². The monoisotopic (exact) mass is 155 g/mol. The van der Waals surface area contributed by atoms with E-state index >= 15 is 0 Å². The van der Waals surface area contributed by atoms with Crippen LogP contribution in [0.2, 0.25) is 0 Å². The second-order valence-corrected chi connectivity index (χ2v) is 3.53. The highest BCUT2D eigenvalue weighted by Gasteiger charge is 2.28. The zero-order chi connectivity index (χ0) is 8.43. The molecule has 0 N–H and O–H groups in total. The highest BCUT2D eigenvalue weighted by Crippen LogP contribution is 2.24. The molecule has 2 atom stereocenters. The van der Waals surface area contributed by atoms with E-state index in [4.69, 9.17) is 0 Å². The summed E-state index contributed by atoms with van der Waals surface area (Å²) in [7, 11) is 0. The van der Waals surface area contributed by atoms with Gasteiger partial charge in [-0.2, -0.15) is 0 Å². The Balaban J connectivity index is 2.51. The summed E-state index contributed by atoms with van der Waals surface area (Å²) in [5, 5.41) is 0. The number of carbonyl (C=O) groups is 1. The van der Waals surface area contributed by atoms with Gasteiger partial charge in [0.15, 0.2) is 0 Å². The van der Waals surface area contributed by atoms with Gasteiger partial charge in [0, 0.05) is 19.5 Å². The molecule has 1 heterocycles. The molecule has 0 aromatic rings. The van der Waals surface area contributed by atoms with E-state index in [9.17, 15) is 4.79 Å². The summed E-state index contributed by atoms with van der Waals surface area (Å²) in [6, 6.07) is 0.470. The molecule has 1 aliphatic heterocycles. The van der Waals surface area contributed by atoms with Crippen LogP contribution in [-0.2, 0) is 4.79 Å². The second-order valence-electron chi connectivity index (χ2n) is 3.53. The molecule has 2 nitrogen and oxygen atoms in total. The maximum Gasteiger partial charge on any atom is 0.219 e. The van der Waals surface area contributed by atoms with Crippen LogP contribution in [0.15, 0.2) is 0 Å². The Hall–Kier alpha value is -0.530. The summed E-state index contributed by atoms with van der Waals surface area (Å²) in [4.78, 5) is 13.0. The summed E-state index contributed by atoms with van der Waals surface area (Å²) in [5.74, 6) is 0.974. The quantitative estimate of drug-likeness (QED) is 0.564. The lowest BCUT2D eigenvalue weighted by Gasteiger charge is -2.18. The minimum absolute atomic E-state index is 0.230. The second kappa shape index (κ2) is 3.24. The molecule has 64 valence electrons. The van der Waals surface area contributed by atoms with Crippen molar-refractivity contribution >= 4 is 5.91 Å². The molecule has 1 aliphatic rings. The molecule has 0 spiro atoms. The zero-order valence-electron chi connectivity index (χ0n) is 7.63. The predicted molar refractivity (Wildman–Crippen MR) is 45.2 cm³/mol. The van der Waals surface area contributed by atoms with Crippen LogP contribution in [0.4, 0.5) is 0 Å². The van der Waals surface area contributed by atoms with Crippen molar-refractivity contribution < 1.29 is 4.79 Å². The first-order chi connectivity index (χ1) is 5.15. The molecular formula is C9H17NO. The Morgan fingerprint density at radius 2 is 2.27 bits per heavy atom. The van der Waals surface area contributed by atoms with Gasteiger partial charge in [-0.25, -0.2) is 0 Å². The third-order valence-electron chi connectivity index (χ3n) is 2.64. The maximum absolute atomic E-state index is 11.0. The Kier molecular flexibility index (Phi) is 2.53. The number of likely N-dealkylation sites (tertiary alicyclic amines) is 1. The van der Waals surface area contributed by atoms with Crippen molar-refractivity contribution in [2.45, 2.75) is 39.7 Å². The fourth-order valence-corrected chi connectivity index (χ4v) is 1.88. The highest BCUT2D eigenvalue weighted by molar-refractivity contribution is 5.73. The van der Waals surface area contributed by atoms with Crippen LogP contribution < -0.4 is 0 Å². The fraction of sp³-hybridized carbons (Fsp3) is 0.889. The number of rotatable bonds is 1. The van der Waals surface area contributed by atoms with Crippen LogP contribution in [-0.4, -0.2) is 23.4 Å². The van der Waals surface area contributed by atoms with Crippen molar-refractivity contribution in [2.75, 3.05) is 6.54 Å². The van der Waals surface area contributed by atoms with E-state index in [0.717, 1.165) is 12.5 Å². The van der Waals surface area contributed by atoms with Crippen molar-refractivity contribution in [3.05, 3.63) is 0 Å². The van der Waals surface area contributed by atoms with Crippen molar-refractivity contribution in [3.8, 4) is 0 Å². The third-order valence-corrected chi connectivity index (χ3v) is 2.64. The molecule has 1 saturated heterocycles. The van der Waals surface area contributed by atoms with Crippen LogP contribution in [0.5, 0.6) is 0 Å². The van der Waals surface area contributed by atoms with Gasteiger partial charge < -0.3 is 4.90 Å². The number of carbonyl (C=O) groups excluding carboxylic acids is 1. The fourth-order valence-electron chi connectivity index (χ4n) is 1.88. The van der Waals surface area contributed by atoms with E-state index < -0.39 is 0 Å². The zero-order valence-corrected chi connectivity index (χ0v) is 7.63. The third kappa shape index (κ3) is 1.73. The summed E-state index contributed by atoms with van der Waals surface area (Å²) < 4.78 is 0. The number of hydrogen-bond donors (Lipinski definition) is 0. The van der Waals surface area contributed by atoms with Crippen molar-refractivity contribution in [1.82, 2.24) is 4.90 Å².